The van der Waals surface area contributed by atoms with E-state index in [4.69, 9.17) is 61.7 Å². The monoisotopic (exact) mass is 1360 g/mol. The summed E-state index contributed by atoms with van der Waals surface area (Å²) in [5.41, 5.74) is 1.39. The molecular weight excluding hydrogens is 1290 g/mol. The van der Waals surface area contributed by atoms with E-state index < -0.39 is 127 Å². The fraction of sp³-hybridized carbons (Fsp3) is 0.667. The summed E-state index contributed by atoms with van der Waals surface area (Å²) in [5.74, 6) is 11.5. The number of aliphatic hydroxyl groups is 5. The summed E-state index contributed by atoms with van der Waals surface area (Å²) >= 11 is 2.83. The predicted molar refractivity (Wildman–Crippen MR) is 319 cm³/mol. The van der Waals surface area contributed by atoms with Crippen molar-refractivity contribution in [1.82, 2.24) is 16.1 Å². The number of carbonyl (C=O) groups is 3. The van der Waals surface area contributed by atoms with Crippen molar-refractivity contribution >= 4 is 72.9 Å². The average molecular weight is 1360 g/mol. The molecule has 8 N–H and O–H groups in total. The maximum Gasteiger partial charge on any atom is 0.411 e. The Kier molecular flexibility index (Phi) is 24.3. The van der Waals surface area contributed by atoms with Gasteiger partial charge in [-0.05, 0) is 87.4 Å². The molecule has 5 fully saturated rings. The second-order valence-electron chi connectivity index (χ2n) is 21.1. The summed E-state index contributed by atoms with van der Waals surface area (Å²) in [5, 5.41) is 63.3. The lowest BCUT2D eigenvalue weighted by molar-refractivity contribution is -0.336. The molecule has 0 aromatic heterocycles. The predicted octanol–water partition coefficient (Wildman–Crippen LogP) is 3.08. The van der Waals surface area contributed by atoms with Crippen LogP contribution in [-0.4, -0.2) is 217 Å². The number of alkyl carbamates (subject to hydrolysis) is 1. The first kappa shape index (κ1) is 67.6. The zero-order chi connectivity index (χ0) is 61.4. The van der Waals surface area contributed by atoms with Crippen LogP contribution in [0.3, 0.4) is 0 Å². The van der Waals surface area contributed by atoms with Gasteiger partial charge >= 0.3 is 6.09 Å². The van der Waals surface area contributed by atoms with Crippen LogP contribution >= 0.6 is 55.9 Å². The van der Waals surface area contributed by atoms with Gasteiger partial charge in [0.1, 0.15) is 36.6 Å². The number of allylic oxidation sites excluding steroid dienone is 3. The first-order valence-corrected chi connectivity index (χ1v) is 32.2. The molecule has 28 heteroatoms. The molecule has 4 saturated heterocycles. The van der Waals surface area contributed by atoms with E-state index in [1.807, 2.05) is 29.5 Å². The number of nitrogens with one attached hydrogen (secondary N) is 3. The first-order valence-electron chi connectivity index (χ1n) is 27.9. The van der Waals surface area contributed by atoms with Gasteiger partial charge in [0.2, 0.25) is 17.2 Å². The van der Waals surface area contributed by atoms with Crippen LogP contribution in [0.25, 0.3) is 0 Å². The standard InChI is InChI=1S/C57H76IN3O21S3/c1-11-59-32-25-75-37(23-36(32)70-6)80-50-45(65)42(27(3)77-55(50)79-35-16-14-12-13-15-20-57(69)24-34(63)43(60-56(68)74-10)40(35)31(57)19-21-83-85-30-17-18-30)61-82-38-22-33(62)52(29(5)76-38)84-53(67)39-26(2)41(58)48(51(73-9)47(39)71-7)81-54-46(66)49(72-8)44(64)28(4)78-54/h12-13,19,27-30,32-33,35-38,42,44-46,49-50,52,54-55,59,61-62,64-66,69H,11,17-18,21-25H2,1-10H3,(H,60,68)/b13-12-,31-19+/t27-,28+,29-,32+,33+,35+,36+,37+,38+,42-,44+,45+,46-,49-,50-,52-,54+,55+,57+/m1/s1. The second kappa shape index (κ2) is 30.5. The number of hydrogen-bond donors (Lipinski definition) is 8. The molecular formula is C57H76IN3O21S3. The number of likely N-dealkylation sites (N-methyl/N-ethyl adjacent to an activating group) is 1. The number of hydrogen-bond acceptors (Lipinski definition) is 26. The van der Waals surface area contributed by atoms with E-state index in [1.165, 1.54) is 33.5 Å². The highest BCUT2D eigenvalue weighted by molar-refractivity contribution is 14.1. The Balaban J connectivity index is 1.02. The molecule has 2 bridgehead atoms. The summed E-state index contributed by atoms with van der Waals surface area (Å²) in [6.07, 6.45) is -11.4. The quantitative estimate of drug-likeness (QED) is 0.0272. The number of halogens is 1. The zero-order valence-corrected chi connectivity index (χ0v) is 53.3. The Morgan fingerprint density at radius 2 is 1.60 bits per heavy atom. The van der Waals surface area contributed by atoms with Gasteiger partial charge in [-0.2, -0.15) is 5.48 Å². The number of methoxy groups -OCH3 is 5. The number of aliphatic hydroxyl groups excluding tert-OH is 4. The average Bonchev–Trinajstić information content (AvgIpc) is 2.59. The van der Waals surface area contributed by atoms with Gasteiger partial charge in [-0.1, -0.05) is 70.0 Å². The molecule has 19 atom stereocenters. The third kappa shape index (κ3) is 15.7. The fourth-order valence-corrected chi connectivity index (χ4v) is 14.9. The summed E-state index contributed by atoms with van der Waals surface area (Å²) in [6.45, 7) is 9.44. The third-order valence-electron chi connectivity index (χ3n) is 15.4. The van der Waals surface area contributed by atoms with Crippen LogP contribution in [0.2, 0.25) is 0 Å². The van der Waals surface area contributed by atoms with Crippen molar-refractivity contribution in [1.29, 1.82) is 0 Å². The van der Waals surface area contributed by atoms with Gasteiger partial charge in [-0.3, -0.25) is 19.7 Å². The maximum atomic E-state index is 14.4. The van der Waals surface area contributed by atoms with E-state index in [0.717, 1.165) is 31.7 Å². The highest BCUT2D eigenvalue weighted by Gasteiger charge is 2.52. The fourth-order valence-electron chi connectivity index (χ4n) is 10.7. The minimum Gasteiger partial charge on any atom is -0.492 e. The Bertz CT molecular complexity index is 2780. The molecule has 470 valence electrons. The maximum absolute atomic E-state index is 14.4. The van der Waals surface area contributed by atoms with Crippen LogP contribution in [-0.2, 0) is 52.3 Å². The van der Waals surface area contributed by atoms with Crippen LogP contribution < -0.4 is 30.3 Å². The third-order valence-corrected chi connectivity index (χ3v) is 20.9. The molecule has 8 rings (SSSR count). The minimum atomic E-state index is -2.04. The van der Waals surface area contributed by atoms with Crippen LogP contribution in [0.15, 0.2) is 35.1 Å². The van der Waals surface area contributed by atoms with Crippen molar-refractivity contribution < 1.29 is 102 Å². The Morgan fingerprint density at radius 1 is 0.871 bits per heavy atom. The number of Topliss-reactive ketones (excluding diaryl/α,β-unsaturated/α-hetero) is 1. The lowest BCUT2D eigenvalue weighted by atomic mass is 9.75. The van der Waals surface area contributed by atoms with Crippen molar-refractivity contribution in [3.63, 3.8) is 0 Å². The van der Waals surface area contributed by atoms with Crippen molar-refractivity contribution in [2.45, 2.75) is 187 Å². The molecule has 3 aliphatic carbocycles. The minimum absolute atomic E-state index is 0.00512. The van der Waals surface area contributed by atoms with Crippen LogP contribution in [0.4, 0.5) is 4.79 Å². The van der Waals surface area contributed by atoms with Gasteiger partial charge in [-0.15, -0.1) is 0 Å². The number of rotatable bonds is 22. The molecule has 7 aliphatic rings. The number of amides is 1. The number of fused-ring (bicyclic) bond motifs is 2. The topological polar surface area (TPSA) is 308 Å². The van der Waals surface area contributed by atoms with Gasteiger partial charge in [0.15, 0.2) is 41.8 Å². The van der Waals surface area contributed by atoms with E-state index in [-0.39, 0.29) is 71.2 Å². The molecule has 0 radical (unpaired) electrons. The molecule has 1 amide bonds. The molecule has 4 aliphatic heterocycles. The Hall–Kier alpha value is -3.29. The summed E-state index contributed by atoms with van der Waals surface area (Å²) in [7, 11) is 10.1. The molecule has 85 heavy (non-hydrogen) atoms. The van der Waals surface area contributed by atoms with Crippen molar-refractivity contribution in [3.8, 4) is 40.9 Å². The number of ether oxygens (including phenoxy) is 12. The molecule has 1 aromatic rings. The number of carbonyl (C=O) groups excluding carboxylic acids is 3. The lowest BCUT2D eigenvalue weighted by Crippen LogP contribution is -2.65. The SMILES string of the molecule is CCN[C@H]1CO[C@@H](O[C@H]2[C@H](O[C@H]3C#C/C=C\C#C[C@]4(O)CC(=O)C(NC(=O)OC)=C3/C4=C\CSSC3CC3)O[C@H](C)[C@@H](NO[C@H]3C[C@H](O)[C@H](SC(=O)c4c(C)c(I)c(O[C@@H]5O[C@@H](C)[C@H](O)[C@@H](OC)[C@H]5O)c(OC)c4OC)[C@@H](C)O3)[C@@H]2O)C[C@@H]1OC. The van der Waals surface area contributed by atoms with Gasteiger partial charge in [0, 0.05) is 49.2 Å². The summed E-state index contributed by atoms with van der Waals surface area (Å²) < 4.78 is 72.7. The largest absolute Gasteiger partial charge is 0.492 e. The highest BCUT2D eigenvalue weighted by atomic mass is 127. The normalized spacial score (nSPS) is 36.5. The second-order valence-corrected chi connectivity index (χ2v) is 26.1. The summed E-state index contributed by atoms with van der Waals surface area (Å²) in [6, 6.07) is -1.26. The lowest BCUT2D eigenvalue weighted by Gasteiger charge is -2.46. The number of thioether (sulfide) groups is 1. The van der Waals surface area contributed by atoms with Crippen LogP contribution in [0.5, 0.6) is 17.2 Å². The van der Waals surface area contributed by atoms with Crippen LogP contribution in [0.1, 0.15) is 75.7 Å². The van der Waals surface area contributed by atoms with Gasteiger partial charge in [0.25, 0.3) is 0 Å². The van der Waals surface area contributed by atoms with Crippen molar-refractivity contribution in [2.24, 2.45) is 0 Å². The summed E-state index contributed by atoms with van der Waals surface area (Å²) in [4.78, 5) is 47.7. The van der Waals surface area contributed by atoms with Crippen molar-refractivity contribution in [2.75, 3.05) is 54.5 Å². The number of ketones is 1. The highest BCUT2D eigenvalue weighted by Crippen LogP contribution is 2.49. The molecule has 0 unspecified atom stereocenters. The van der Waals surface area contributed by atoms with E-state index in [0.29, 0.717) is 26.7 Å². The molecule has 0 spiro atoms. The molecule has 4 heterocycles. The molecule has 1 aromatic carbocycles. The molecule has 24 nitrogen and oxygen atoms in total. The number of hydroxylamine groups is 1. The zero-order valence-electron chi connectivity index (χ0n) is 48.7. The number of benzene rings is 1. The van der Waals surface area contributed by atoms with E-state index in [1.54, 1.807) is 62.5 Å². The smallest absolute Gasteiger partial charge is 0.411 e. The first-order chi connectivity index (χ1) is 40.7. The Morgan fingerprint density at radius 3 is 2.27 bits per heavy atom. The van der Waals surface area contributed by atoms with E-state index in [2.05, 4.69) is 39.8 Å². The van der Waals surface area contributed by atoms with E-state index in [9.17, 15) is 39.9 Å². The van der Waals surface area contributed by atoms with Gasteiger partial charge in [-0.25, -0.2) is 4.79 Å². The van der Waals surface area contributed by atoms with E-state index >= 15 is 0 Å². The van der Waals surface area contributed by atoms with Crippen molar-refractivity contribution in [3.05, 3.63) is 49.8 Å². The molecule has 1 saturated carbocycles. The van der Waals surface area contributed by atoms with Crippen LogP contribution in [0, 0.1) is 34.2 Å². The van der Waals surface area contributed by atoms with Gasteiger partial charge < -0.3 is 87.7 Å². The Labute approximate surface area is 519 Å². The van der Waals surface area contributed by atoms with Gasteiger partial charge in [0.05, 0.1) is 97.0 Å².